The molecule has 0 amide bonds. The first kappa shape index (κ1) is 23.8. The number of allylic oxidation sites excluding steroid dienone is 2. The highest BCUT2D eigenvalue weighted by Gasteiger charge is 2.50. The highest BCUT2D eigenvalue weighted by atomic mass is 16.1. The number of carbonyl (C=O) groups is 1. The summed E-state index contributed by atoms with van der Waals surface area (Å²) in [5.74, 6) is -0.217. The first-order valence-electron chi connectivity index (χ1n) is 12.8. The van der Waals surface area contributed by atoms with Gasteiger partial charge < -0.3 is 10.5 Å². The number of carbonyl (C=O) groups excluding carboxylic acids is 1. The Morgan fingerprint density at radius 2 is 1.89 bits per heavy atom. The van der Waals surface area contributed by atoms with Gasteiger partial charge >= 0.3 is 0 Å². The maximum Gasteiger partial charge on any atom is 0.226 e. The van der Waals surface area contributed by atoms with Crippen LogP contribution < -0.4 is 5.73 Å². The molecule has 0 unspecified atom stereocenters. The summed E-state index contributed by atoms with van der Waals surface area (Å²) in [6, 6.07) is 18.0. The van der Waals surface area contributed by atoms with Crippen molar-refractivity contribution in [3.05, 3.63) is 101 Å². The van der Waals surface area contributed by atoms with E-state index in [9.17, 15) is 4.79 Å². The molecule has 2 aliphatic carbocycles. The predicted octanol–water partition coefficient (Wildman–Crippen LogP) is 5.73. The number of rotatable bonds is 3. The van der Waals surface area contributed by atoms with Gasteiger partial charge in [-0.05, 0) is 55.5 Å². The van der Waals surface area contributed by atoms with Crippen molar-refractivity contribution in [3.8, 4) is 28.1 Å². The number of para-hydroxylation sites is 1. The molecule has 0 spiro atoms. The van der Waals surface area contributed by atoms with Crippen LogP contribution >= 0.6 is 0 Å². The third kappa shape index (κ3) is 3.56. The summed E-state index contributed by atoms with van der Waals surface area (Å²) in [7, 11) is 0. The molecule has 0 saturated carbocycles. The third-order valence-corrected chi connectivity index (χ3v) is 8.23. The first-order valence-corrected chi connectivity index (χ1v) is 12.8. The number of aryl methyl sites for hydroxylation is 1. The molecular weight excluding hydrogens is 472 g/mol. The molecule has 0 aliphatic heterocycles. The number of Topliss-reactive ketones (excluding diaryl/α,β-unsaturated/α-hetero) is 1. The number of anilines is 1. The van der Waals surface area contributed by atoms with Crippen LogP contribution in [0.25, 0.3) is 32.9 Å². The topological polar surface area (TPSA) is 91.0 Å². The molecule has 0 saturated heterocycles. The van der Waals surface area contributed by atoms with Crippen LogP contribution in [0.4, 0.5) is 5.69 Å². The molecule has 4 aromatic rings. The monoisotopic (exact) mass is 500 g/mol. The fourth-order valence-electron chi connectivity index (χ4n) is 6.36. The van der Waals surface area contributed by atoms with Crippen molar-refractivity contribution in [2.24, 2.45) is 11.8 Å². The van der Waals surface area contributed by atoms with Gasteiger partial charge in [0.15, 0.2) is 5.78 Å². The van der Waals surface area contributed by atoms with E-state index in [4.69, 9.17) is 17.4 Å². The molecule has 2 heterocycles. The molecule has 0 bridgehead atoms. The van der Waals surface area contributed by atoms with Gasteiger partial charge in [0.05, 0.1) is 35.5 Å². The van der Waals surface area contributed by atoms with E-state index in [0.717, 1.165) is 57.9 Å². The standard InChI is InChI=1S/C31H28N6O/c1-18-15-21(17-34-35-18)20-9-11-22(12-10-20)37-30-24(28(36-37)23-7-5-6-8-26(23)32)13-14-25-19(2)29(38)27(33-4)16-31(25,30)3/h5-12,15-17,19,25H,13-14,32H2,1-3H3/t19-,25-,31-/m1/s1. The molecule has 0 radical (unpaired) electrons. The fraction of sp³-hybridized carbons (Fsp3) is 0.258. The maximum atomic E-state index is 13.0. The van der Waals surface area contributed by atoms with Gasteiger partial charge in [-0.3, -0.25) is 0 Å². The Kier molecular flexibility index (Phi) is 5.50. The van der Waals surface area contributed by atoms with Crippen LogP contribution in [0, 0.1) is 25.3 Å². The first-order chi connectivity index (χ1) is 18.3. The van der Waals surface area contributed by atoms with Crippen LogP contribution in [0.2, 0.25) is 0 Å². The molecule has 188 valence electrons. The Morgan fingerprint density at radius 1 is 1.13 bits per heavy atom. The molecule has 6 rings (SSSR count). The summed E-state index contributed by atoms with van der Waals surface area (Å²) in [5.41, 5.74) is 14.5. The van der Waals surface area contributed by atoms with Gasteiger partial charge in [-0.1, -0.05) is 50.3 Å². The third-order valence-electron chi connectivity index (χ3n) is 8.23. The molecule has 7 heteroatoms. The lowest BCUT2D eigenvalue weighted by atomic mass is 9.58. The number of nitrogen functional groups attached to an aromatic ring is 1. The van der Waals surface area contributed by atoms with Crippen molar-refractivity contribution in [1.82, 2.24) is 20.0 Å². The molecule has 38 heavy (non-hydrogen) atoms. The van der Waals surface area contributed by atoms with Crippen LogP contribution in [0.5, 0.6) is 0 Å². The molecular formula is C31H28N6O. The van der Waals surface area contributed by atoms with Crippen LogP contribution in [-0.4, -0.2) is 25.8 Å². The number of nitrogens with zero attached hydrogens (tertiary/aromatic N) is 5. The molecule has 0 fully saturated rings. The predicted molar refractivity (Wildman–Crippen MR) is 147 cm³/mol. The van der Waals surface area contributed by atoms with Crippen molar-refractivity contribution < 1.29 is 4.79 Å². The van der Waals surface area contributed by atoms with Gasteiger partial charge in [-0.15, -0.1) is 0 Å². The van der Waals surface area contributed by atoms with Crippen LogP contribution in [-0.2, 0) is 16.6 Å². The lowest BCUT2D eigenvalue weighted by Gasteiger charge is -2.45. The van der Waals surface area contributed by atoms with Crippen molar-refractivity contribution in [2.45, 2.75) is 39.0 Å². The molecule has 2 aromatic heterocycles. The van der Waals surface area contributed by atoms with E-state index in [1.807, 2.05) is 54.9 Å². The van der Waals surface area contributed by atoms with Crippen molar-refractivity contribution >= 4 is 11.5 Å². The molecule has 2 aliphatic rings. The van der Waals surface area contributed by atoms with Crippen LogP contribution in [0.15, 0.2) is 72.6 Å². The number of fused-ring (bicyclic) bond motifs is 3. The van der Waals surface area contributed by atoms with Crippen LogP contribution in [0.1, 0.15) is 37.2 Å². The molecule has 7 nitrogen and oxygen atoms in total. The molecule has 3 atom stereocenters. The number of hydrogen-bond acceptors (Lipinski definition) is 5. The zero-order valence-corrected chi connectivity index (χ0v) is 21.6. The van der Waals surface area contributed by atoms with E-state index in [1.54, 1.807) is 6.20 Å². The molecule has 2 aromatic carbocycles. The van der Waals surface area contributed by atoms with Gasteiger partial charge in [0, 0.05) is 33.7 Å². The quantitative estimate of drug-likeness (QED) is 0.287. The van der Waals surface area contributed by atoms with E-state index in [1.165, 1.54) is 0 Å². The number of benzene rings is 2. The minimum atomic E-state index is -0.527. The Balaban J connectivity index is 1.58. The number of aromatic nitrogens is 4. The van der Waals surface area contributed by atoms with E-state index in [-0.39, 0.29) is 23.3 Å². The van der Waals surface area contributed by atoms with E-state index in [2.05, 4.69) is 46.2 Å². The van der Waals surface area contributed by atoms with Crippen molar-refractivity contribution in [3.63, 3.8) is 0 Å². The number of hydrogen-bond donors (Lipinski definition) is 1. The summed E-state index contributed by atoms with van der Waals surface area (Å²) in [5, 5.41) is 13.3. The average Bonchev–Trinajstić information content (AvgIpc) is 3.32. The second-order valence-electron chi connectivity index (χ2n) is 10.5. The Bertz CT molecular complexity index is 1660. The summed E-state index contributed by atoms with van der Waals surface area (Å²) in [4.78, 5) is 16.6. The zero-order chi connectivity index (χ0) is 26.6. The Morgan fingerprint density at radius 3 is 2.61 bits per heavy atom. The second kappa shape index (κ2) is 8.77. The van der Waals surface area contributed by atoms with Crippen LogP contribution in [0.3, 0.4) is 0 Å². The van der Waals surface area contributed by atoms with E-state index < -0.39 is 5.41 Å². The van der Waals surface area contributed by atoms with Gasteiger partial charge in [-0.2, -0.15) is 15.3 Å². The maximum absolute atomic E-state index is 13.0. The number of ketones is 1. The molecule has 2 N–H and O–H groups in total. The van der Waals surface area contributed by atoms with Gasteiger partial charge in [0.1, 0.15) is 0 Å². The second-order valence-corrected chi connectivity index (χ2v) is 10.5. The SMILES string of the molecule is [C-]#[N+]C1=C[C@@]2(C)c3c(c(-c4ccccc4N)nn3-c3ccc(-c4cnnc(C)c4)cc3)CC[C@@H]2[C@@H](C)C1=O. The summed E-state index contributed by atoms with van der Waals surface area (Å²) in [6.45, 7) is 13.7. The van der Waals surface area contributed by atoms with Gasteiger partial charge in [0.25, 0.3) is 0 Å². The number of nitrogens with two attached hydrogens (primary N) is 1. The largest absolute Gasteiger partial charge is 0.398 e. The summed E-state index contributed by atoms with van der Waals surface area (Å²) < 4.78 is 2.00. The zero-order valence-electron chi connectivity index (χ0n) is 21.6. The normalized spacial score (nSPS) is 22.3. The minimum absolute atomic E-state index is 0.0601. The van der Waals surface area contributed by atoms with Crippen molar-refractivity contribution in [2.75, 3.05) is 5.73 Å². The Hall–Kier alpha value is -4.57. The van der Waals surface area contributed by atoms with Gasteiger partial charge in [0.2, 0.25) is 5.70 Å². The smallest absolute Gasteiger partial charge is 0.226 e. The Labute approximate surface area is 221 Å². The average molecular weight is 501 g/mol. The summed E-state index contributed by atoms with van der Waals surface area (Å²) in [6.07, 6.45) is 5.28. The van der Waals surface area contributed by atoms with E-state index in [0.29, 0.717) is 5.69 Å². The lowest BCUT2D eigenvalue weighted by molar-refractivity contribution is -0.121. The van der Waals surface area contributed by atoms with Crippen molar-refractivity contribution in [1.29, 1.82) is 0 Å². The fourth-order valence-corrected chi connectivity index (χ4v) is 6.36. The van der Waals surface area contributed by atoms with E-state index >= 15 is 0 Å². The van der Waals surface area contributed by atoms with Gasteiger partial charge in [-0.25, -0.2) is 9.53 Å². The minimum Gasteiger partial charge on any atom is -0.398 e. The highest BCUT2D eigenvalue weighted by Crippen LogP contribution is 2.52. The summed E-state index contributed by atoms with van der Waals surface area (Å²) >= 11 is 0. The lowest BCUT2D eigenvalue weighted by Crippen LogP contribution is -2.46. The highest BCUT2D eigenvalue weighted by molar-refractivity contribution is 6.00.